The fourth-order valence-electron chi connectivity index (χ4n) is 1.27. The highest BCUT2D eigenvalue weighted by molar-refractivity contribution is 5.76. The van der Waals surface area contributed by atoms with Crippen LogP contribution in [0.5, 0.6) is 0 Å². The van der Waals surface area contributed by atoms with Crippen LogP contribution in [0.15, 0.2) is 0 Å². The highest BCUT2D eigenvalue weighted by Gasteiger charge is 2.14. The molecule has 0 aromatic heterocycles. The van der Waals surface area contributed by atoms with Gasteiger partial charge in [0.1, 0.15) is 0 Å². The standard InChI is InChI=1S/C11H24N2O2/c1-6-13(9-10(2)15-5)11(14)7-8-12(3)4/h10H,6-9H2,1-5H3/t10-/m0/s1. The maximum absolute atomic E-state index is 11.8. The van der Waals surface area contributed by atoms with Gasteiger partial charge in [-0.3, -0.25) is 4.79 Å². The number of likely N-dealkylation sites (N-methyl/N-ethyl adjacent to an activating group) is 1. The average Bonchev–Trinajstić information content (AvgIpc) is 2.21. The van der Waals surface area contributed by atoms with Gasteiger partial charge in [0.25, 0.3) is 0 Å². The maximum atomic E-state index is 11.8. The summed E-state index contributed by atoms with van der Waals surface area (Å²) in [5, 5.41) is 0. The minimum atomic E-state index is 0.105. The molecule has 0 saturated carbocycles. The van der Waals surface area contributed by atoms with Crippen LogP contribution >= 0.6 is 0 Å². The van der Waals surface area contributed by atoms with Gasteiger partial charge in [-0.2, -0.15) is 0 Å². The molecule has 0 aromatic carbocycles. The molecule has 4 nitrogen and oxygen atoms in total. The Hall–Kier alpha value is -0.610. The summed E-state index contributed by atoms with van der Waals surface area (Å²) in [7, 11) is 5.62. The van der Waals surface area contributed by atoms with Crippen LogP contribution in [0.3, 0.4) is 0 Å². The SMILES string of the molecule is CCN(C[C@H](C)OC)C(=O)CCN(C)C. The lowest BCUT2D eigenvalue weighted by atomic mass is 10.3. The molecule has 0 saturated heterocycles. The van der Waals surface area contributed by atoms with Crippen LogP contribution in [0.2, 0.25) is 0 Å². The summed E-state index contributed by atoms with van der Waals surface area (Å²) < 4.78 is 5.15. The summed E-state index contributed by atoms with van der Waals surface area (Å²) in [6.45, 7) is 6.20. The Morgan fingerprint density at radius 1 is 1.40 bits per heavy atom. The third-order valence-electron chi connectivity index (χ3n) is 2.39. The zero-order valence-corrected chi connectivity index (χ0v) is 10.6. The van der Waals surface area contributed by atoms with Crippen molar-refractivity contribution in [1.82, 2.24) is 9.80 Å². The lowest BCUT2D eigenvalue weighted by Crippen LogP contribution is -2.38. The van der Waals surface area contributed by atoms with Crippen molar-refractivity contribution in [3.63, 3.8) is 0 Å². The molecule has 90 valence electrons. The van der Waals surface area contributed by atoms with Crippen molar-refractivity contribution in [1.29, 1.82) is 0 Å². The number of methoxy groups -OCH3 is 1. The van der Waals surface area contributed by atoms with E-state index >= 15 is 0 Å². The molecule has 4 heteroatoms. The molecule has 0 rings (SSSR count). The molecule has 1 amide bonds. The summed E-state index contributed by atoms with van der Waals surface area (Å²) >= 11 is 0. The molecule has 0 aromatic rings. The normalized spacial score (nSPS) is 12.9. The molecule has 0 spiro atoms. The monoisotopic (exact) mass is 216 g/mol. The van der Waals surface area contributed by atoms with Gasteiger partial charge in [0, 0.05) is 33.2 Å². The second-order valence-corrected chi connectivity index (χ2v) is 4.03. The Morgan fingerprint density at radius 3 is 2.40 bits per heavy atom. The first-order valence-corrected chi connectivity index (χ1v) is 5.46. The third kappa shape index (κ3) is 6.47. The minimum Gasteiger partial charge on any atom is -0.380 e. The van der Waals surface area contributed by atoms with Gasteiger partial charge in [0.15, 0.2) is 0 Å². The highest BCUT2D eigenvalue weighted by atomic mass is 16.5. The lowest BCUT2D eigenvalue weighted by molar-refractivity contribution is -0.132. The molecule has 1 atom stereocenters. The van der Waals surface area contributed by atoms with E-state index in [2.05, 4.69) is 0 Å². The van der Waals surface area contributed by atoms with E-state index in [1.54, 1.807) is 7.11 Å². The number of ether oxygens (including phenoxy) is 1. The fourth-order valence-corrected chi connectivity index (χ4v) is 1.27. The van der Waals surface area contributed by atoms with Crippen LogP contribution in [0.25, 0.3) is 0 Å². The maximum Gasteiger partial charge on any atom is 0.223 e. The largest absolute Gasteiger partial charge is 0.380 e. The molecule has 0 aliphatic rings. The Labute approximate surface area is 93.2 Å². The van der Waals surface area contributed by atoms with E-state index in [0.29, 0.717) is 13.0 Å². The van der Waals surface area contributed by atoms with E-state index in [4.69, 9.17) is 4.74 Å². The van der Waals surface area contributed by atoms with E-state index in [1.165, 1.54) is 0 Å². The molecule has 0 fully saturated rings. The zero-order chi connectivity index (χ0) is 11.8. The summed E-state index contributed by atoms with van der Waals surface area (Å²) in [6, 6.07) is 0. The van der Waals surface area contributed by atoms with Crippen molar-refractivity contribution in [2.24, 2.45) is 0 Å². The van der Waals surface area contributed by atoms with Crippen molar-refractivity contribution >= 4 is 5.91 Å². The molecule has 0 heterocycles. The van der Waals surface area contributed by atoms with Gasteiger partial charge >= 0.3 is 0 Å². The van der Waals surface area contributed by atoms with Crippen LogP contribution < -0.4 is 0 Å². The quantitative estimate of drug-likeness (QED) is 0.631. The smallest absolute Gasteiger partial charge is 0.223 e. The van der Waals surface area contributed by atoms with Gasteiger partial charge in [-0.15, -0.1) is 0 Å². The van der Waals surface area contributed by atoms with Crippen LogP contribution in [0, 0.1) is 0 Å². The van der Waals surface area contributed by atoms with Gasteiger partial charge in [-0.05, 0) is 27.9 Å². The topological polar surface area (TPSA) is 32.8 Å². The van der Waals surface area contributed by atoms with E-state index < -0.39 is 0 Å². The number of amides is 1. The highest BCUT2D eigenvalue weighted by Crippen LogP contribution is 1.99. The molecule has 0 unspecified atom stereocenters. The minimum absolute atomic E-state index is 0.105. The average molecular weight is 216 g/mol. The molecule has 0 bridgehead atoms. The number of hydrogen-bond donors (Lipinski definition) is 0. The first-order valence-electron chi connectivity index (χ1n) is 5.46. The molecular weight excluding hydrogens is 192 g/mol. The first-order chi connectivity index (χ1) is 7.01. The van der Waals surface area contributed by atoms with Gasteiger partial charge in [0.05, 0.1) is 6.10 Å². The lowest BCUT2D eigenvalue weighted by Gasteiger charge is -2.24. The van der Waals surface area contributed by atoms with Crippen LogP contribution in [-0.4, -0.2) is 62.7 Å². The van der Waals surface area contributed by atoms with Crippen molar-refractivity contribution in [2.75, 3.05) is 40.8 Å². The third-order valence-corrected chi connectivity index (χ3v) is 2.39. The van der Waals surface area contributed by atoms with Crippen LogP contribution in [0.4, 0.5) is 0 Å². The molecular formula is C11H24N2O2. The molecule has 0 aliphatic heterocycles. The Morgan fingerprint density at radius 2 is 2.00 bits per heavy atom. The van der Waals surface area contributed by atoms with Crippen molar-refractivity contribution in [2.45, 2.75) is 26.4 Å². The van der Waals surface area contributed by atoms with E-state index in [1.807, 2.05) is 37.7 Å². The Kier molecular flexibility index (Phi) is 7.34. The molecule has 15 heavy (non-hydrogen) atoms. The van der Waals surface area contributed by atoms with E-state index in [0.717, 1.165) is 13.1 Å². The van der Waals surface area contributed by atoms with E-state index in [-0.39, 0.29) is 12.0 Å². The number of nitrogens with zero attached hydrogens (tertiary/aromatic N) is 2. The number of carbonyl (C=O) groups is 1. The summed E-state index contributed by atoms with van der Waals surface area (Å²) in [5.41, 5.74) is 0. The Bertz CT molecular complexity index is 183. The van der Waals surface area contributed by atoms with Crippen molar-refractivity contribution in [3.8, 4) is 0 Å². The van der Waals surface area contributed by atoms with Crippen LogP contribution in [0.1, 0.15) is 20.3 Å². The zero-order valence-electron chi connectivity index (χ0n) is 10.6. The second kappa shape index (κ2) is 7.65. The summed E-state index contributed by atoms with van der Waals surface area (Å²) in [6.07, 6.45) is 0.685. The number of rotatable bonds is 7. The van der Waals surface area contributed by atoms with Gasteiger partial charge in [-0.25, -0.2) is 0 Å². The number of hydrogen-bond acceptors (Lipinski definition) is 3. The number of carbonyl (C=O) groups excluding carboxylic acids is 1. The molecule has 0 radical (unpaired) electrons. The molecule has 0 aliphatic carbocycles. The predicted molar refractivity (Wildman–Crippen MR) is 61.9 cm³/mol. The first kappa shape index (κ1) is 14.4. The van der Waals surface area contributed by atoms with E-state index in [9.17, 15) is 4.79 Å². The van der Waals surface area contributed by atoms with Gasteiger partial charge in [0.2, 0.25) is 5.91 Å². The Balaban J connectivity index is 3.99. The summed E-state index contributed by atoms with van der Waals surface area (Å²) in [5.74, 6) is 0.204. The van der Waals surface area contributed by atoms with Crippen molar-refractivity contribution in [3.05, 3.63) is 0 Å². The second-order valence-electron chi connectivity index (χ2n) is 4.03. The van der Waals surface area contributed by atoms with Gasteiger partial charge in [-0.1, -0.05) is 0 Å². The predicted octanol–water partition coefficient (Wildman–Crippen LogP) is 0.821. The summed E-state index contributed by atoms with van der Waals surface area (Å²) in [4.78, 5) is 15.6. The van der Waals surface area contributed by atoms with Crippen LogP contribution in [-0.2, 0) is 9.53 Å². The van der Waals surface area contributed by atoms with Crippen molar-refractivity contribution < 1.29 is 9.53 Å². The van der Waals surface area contributed by atoms with Gasteiger partial charge < -0.3 is 14.5 Å². The fraction of sp³-hybridized carbons (Fsp3) is 0.909. The molecule has 0 N–H and O–H groups in total.